The van der Waals surface area contributed by atoms with Crippen LogP contribution in [0.15, 0.2) is 36.5 Å². The second-order valence-electron chi connectivity index (χ2n) is 11.0. The Morgan fingerprint density at radius 3 is 2.40 bits per heavy atom. The fourth-order valence-corrected chi connectivity index (χ4v) is 5.34. The summed E-state index contributed by atoms with van der Waals surface area (Å²) in [5.41, 5.74) is -0.737. The highest BCUT2D eigenvalue weighted by atomic mass is 19.4. The third-order valence-corrected chi connectivity index (χ3v) is 7.57. The Morgan fingerprint density at radius 2 is 1.77 bits per heavy atom. The van der Waals surface area contributed by atoms with Gasteiger partial charge < -0.3 is 15.0 Å². The highest BCUT2D eigenvalue weighted by molar-refractivity contribution is 5.55. The number of nitro benzene ring substituents is 1. The zero-order valence-corrected chi connectivity index (χ0v) is 23.9. The first kappa shape index (κ1) is 31.6. The summed E-state index contributed by atoms with van der Waals surface area (Å²) in [5.74, 6) is 1.25. The van der Waals surface area contributed by atoms with E-state index in [4.69, 9.17) is 4.74 Å². The fraction of sp³-hybridized carbons (Fsp3) is 0.633. The Hall–Kier alpha value is -2.88. The van der Waals surface area contributed by atoms with Crippen LogP contribution in [0.1, 0.15) is 83.3 Å². The molecule has 3 rings (SSSR count). The van der Waals surface area contributed by atoms with E-state index in [1.54, 1.807) is 6.20 Å². The number of aromatic nitrogens is 1. The van der Waals surface area contributed by atoms with Gasteiger partial charge in [0.15, 0.2) is 0 Å². The Bertz CT molecular complexity index is 1070. The molecule has 1 unspecified atom stereocenters. The van der Waals surface area contributed by atoms with E-state index in [0.29, 0.717) is 24.6 Å². The molecular formula is C30H43F3N4O3. The zero-order chi connectivity index (χ0) is 29.1. The molecule has 0 amide bonds. The van der Waals surface area contributed by atoms with Crippen LogP contribution in [0.3, 0.4) is 0 Å². The normalized spacial score (nSPS) is 18.5. The monoisotopic (exact) mass is 564 g/mol. The summed E-state index contributed by atoms with van der Waals surface area (Å²) in [6.45, 7) is 10.3. The molecule has 1 aliphatic carbocycles. The average Bonchev–Trinajstić information content (AvgIpc) is 2.91. The van der Waals surface area contributed by atoms with Crippen molar-refractivity contribution in [3.05, 3.63) is 57.8 Å². The van der Waals surface area contributed by atoms with Crippen molar-refractivity contribution in [3.63, 3.8) is 0 Å². The van der Waals surface area contributed by atoms with Crippen molar-refractivity contribution >= 4 is 11.4 Å². The first-order valence-electron chi connectivity index (χ1n) is 14.5. The molecule has 0 saturated heterocycles. The molecule has 0 aliphatic heterocycles. The van der Waals surface area contributed by atoms with E-state index in [0.717, 1.165) is 44.4 Å². The van der Waals surface area contributed by atoms with Gasteiger partial charge in [-0.3, -0.25) is 10.1 Å². The summed E-state index contributed by atoms with van der Waals surface area (Å²) in [5, 5.41) is 14.1. The van der Waals surface area contributed by atoms with Gasteiger partial charge in [-0.1, -0.05) is 20.8 Å². The summed E-state index contributed by atoms with van der Waals surface area (Å²) >= 11 is 0. The maximum absolute atomic E-state index is 13.3. The maximum Gasteiger partial charge on any atom is 0.423 e. The molecule has 1 heterocycles. The minimum atomic E-state index is -4.80. The summed E-state index contributed by atoms with van der Waals surface area (Å²) < 4.78 is 46.1. The van der Waals surface area contributed by atoms with Gasteiger partial charge in [-0.05, 0) is 107 Å². The summed E-state index contributed by atoms with van der Waals surface area (Å²) in [7, 11) is 0. The fourth-order valence-electron chi connectivity index (χ4n) is 5.34. The lowest BCUT2D eigenvalue weighted by atomic mass is 9.92. The number of halogens is 3. The van der Waals surface area contributed by atoms with Gasteiger partial charge in [0.25, 0.3) is 5.69 Å². The number of aryl methyl sites for hydroxylation is 1. The van der Waals surface area contributed by atoms with E-state index in [1.807, 2.05) is 12.1 Å². The van der Waals surface area contributed by atoms with Gasteiger partial charge in [-0.25, -0.2) is 4.98 Å². The summed E-state index contributed by atoms with van der Waals surface area (Å²) in [6.07, 6.45) is 5.57. The number of hydrogen-bond donors (Lipinski definition) is 1. The van der Waals surface area contributed by atoms with E-state index in [-0.39, 0.29) is 17.8 Å². The predicted molar refractivity (Wildman–Crippen MR) is 152 cm³/mol. The molecule has 1 aliphatic rings. The highest BCUT2D eigenvalue weighted by Gasteiger charge is 2.38. The van der Waals surface area contributed by atoms with Crippen LogP contribution in [-0.2, 0) is 12.6 Å². The smallest absolute Gasteiger partial charge is 0.423 e. The second kappa shape index (κ2) is 15.2. The van der Waals surface area contributed by atoms with Crippen LogP contribution < -0.4 is 10.1 Å². The molecule has 1 saturated carbocycles. The minimum Gasteiger partial charge on any atom is -0.474 e. The molecule has 1 aromatic carbocycles. The molecule has 0 bridgehead atoms. The van der Waals surface area contributed by atoms with Gasteiger partial charge in [0, 0.05) is 30.1 Å². The number of rotatable bonds is 15. The third kappa shape index (κ3) is 9.94. The number of nitrogens with zero attached hydrogens (tertiary/aromatic N) is 3. The number of alkyl halides is 3. The van der Waals surface area contributed by atoms with Crippen LogP contribution in [0.4, 0.5) is 24.5 Å². The van der Waals surface area contributed by atoms with Gasteiger partial charge in [0.05, 0.1) is 4.92 Å². The van der Waals surface area contributed by atoms with Crippen LogP contribution in [0.5, 0.6) is 5.88 Å². The molecule has 0 radical (unpaired) electrons. The van der Waals surface area contributed by atoms with Crippen molar-refractivity contribution in [2.45, 2.75) is 96.9 Å². The zero-order valence-electron chi connectivity index (χ0n) is 23.9. The Labute approximate surface area is 235 Å². The SMILES string of the molecule is CCCN(CCC)CCC(C)CCc1ccnc(OC2CCC(Nc3ccc([N+](=O)[O-])c(C(F)(F)F)c3)CC2)c1. The van der Waals surface area contributed by atoms with Crippen LogP contribution in [0.25, 0.3) is 0 Å². The molecular weight excluding hydrogens is 521 g/mol. The molecule has 7 nitrogen and oxygen atoms in total. The van der Waals surface area contributed by atoms with E-state index in [2.05, 4.69) is 36.0 Å². The van der Waals surface area contributed by atoms with Gasteiger partial charge in [-0.2, -0.15) is 13.2 Å². The van der Waals surface area contributed by atoms with Crippen molar-refractivity contribution in [1.82, 2.24) is 9.88 Å². The number of nitrogens with one attached hydrogen (secondary N) is 1. The molecule has 2 aromatic rings. The molecule has 0 spiro atoms. The van der Waals surface area contributed by atoms with Crippen molar-refractivity contribution < 1.29 is 22.8 Å². The third-order valence-electron chi connectivity index (χ3n) is 7.57. The van der Waals surface area contributed by atoms with Gasteiger partial charge in [-0.15, -0.1) is 0 Å². The van der Waals surface area contributed by atoms with E-state index in [1.165, 1.54) is 44.0 Å². The molecule has 222 valence electrons. The van der Waals surface area contributed by atoms with Gasteiger partial charge >= 0.3 is 6.18 Å². The van der Waals surface area contributed by atoms with Crippen LogP contribution in [0.2, 0.25) is 0 Å². The van der Waals surface area contributed by atoms with Crippen molar-refractivity contribution in [1.29, 1.82) is 0 Å². The topological polar surface area (TPSA) is 80.5 Å². The Kier molecular flexibility index (Phi) is 12.0. The largest absolute Gasteiger partial charge is 0.474 e. The average molecular weight is 565 g/mol. The maximum atomic E-state index is 13.3. The number of benzene rings is 1. The number of nitro groups is 1. The number of hydrogen-bond acceptors (Lipinski definition) is 6. The first-order valence-corrected chi connectivity index (χ1v) is 14.5. The molecule has 1 atom stereocenters. The lowest BCUT2D eigenvalue weighted by molar-refractivity contribution is -0.388. The predicted octanol–water partition coefficient (Wildman–Crippen LogP) is 7.89. The molecule has 40 heavy (non-hydrogen) atoms. The molecule has 1 aromatic heterocycles. The van der Waals surface area contributed by atoms with Gasteiger partial charge in [0.1, 0.15) is 11.7 Å². The van der Waals surface area contributed by atoms with Crippen LogP contribution >= 0.6 is 0 Å². The number of anilines is 1. The quantitative estimate of drug-likeness (QED) is 0.175. The Balaban J connectivity index is 1.45. The van der Waals surface area contributed by atoms with E-state index >= 15 is 0 Å². The lowest BCUT2D eigenvalue weighted by Gasteiger charge is -2.30. The van der Waals surface area contributed by atoms with E-state index < -0.39 is 22.4 Å². The van der Waals surface area contributed by atoms with Crippen molar-refractivity contribution in [3.8, 4) is 5.88 Å². The lowest BCUT2D eigenvalue weighted by Crippen LogP contribution is -2.31. The second-order valence-corrected chi connectivity index (χ2v) is 11.0. The van der Waals surface area contributed by atoms with Crippen LogP contribution in [0, 0.1) is 16.0 Å². The van der Waals surface area contributed by atoms with Crippen molar-refractivity contribution in [2.24, 2.45) is 5.92 Å². The van der Waals surface area contributed by atoms with Gasteiger partial charge in [0.2, 0.25) is 5.88 Å². The van der Waals surface area contributed by atoms with Crippen molar-refractivity contribution in [2.75, 3.05) is 25.0 Å². The summed E-state index contributed by atoms with van der Waals surface area (Å²) in [6, 6.07) is 7.09. The molecule has 1 N–H and O–H groups in total. The highest BCUT2D eigenvalue weighted by Crippen LogP contribution is 2.38. The molecule has 10 heteroatoms. The number of pyridine rings is 1. The summed E-state index contributed by atoms with van der Waals surface area (Å²) in [4.78, 5) is 16.9. The van der Waals surface area contributed by atoms with E-state index in [9.17, 15) is 23.3 Å². The first-order chi connectivity index (χ1) is 19.1. The standard InChI is InChI=1S/C30H43F3N4O3/c1-4-17-36(18-5-2)19-15-22(3)6-7-23-14-16-34-29(20-23)40-26-11-8-24(9-12-26)35-25-10-13-28(37(38)39)27(21-25)30(31,32)33/h10,13-14,16,20-22,24,26,35H,4-9,11-12,15,17-19H2,1-3H3. The molecule has 1 fully saturated rings. The van der Waals surface area contributed by atoms with Crippen LogP contribution in [-0.4, -0.2) is 46.6 Å². The Morgan fingerprint density at radius 1 is 1.07 bits per heavy atom. The minimum absolute atomic E-state index is 0.00886. The number of ether oxygens (including phenoxy) is 1.